The molecule has 0 bridgehead atoms. The van der Waals surface area contributed by atoms with E-state index in [4.69, 9.17) is 9.84 Å². The van der Waals surface area contributed by atoms with Crippen molar-refractivity contribution in [3.05, 3.63) is 0 Å². The molecule has 0 fully saturated rings. The van der Waals surface area contributed by atoms with E-state index in [0.29, 0.717) is 0 Å². The number of nitrogens with one attached hydrogen (secondary N) is 1. The molecule has 0 spiro atoms. The van der Waals surface area contributed by atoms with E-state index < -0.39 is 5.97 Å². The Morgan fingerprint density at radius 3 is 2.47 bits per heavy atom. The Morgan fingerprint density at radius 2 is 2.00 bits per heavy atom. The molecule has 0 aromatic heterocycles. The number of amides is 1. The zero-order chi connectivity index (χ0) is 11.8. The van der Waals surface area contributed by atoms with Crippen LogP contribution in [0.25, 0.3) is 0 Å². The molecule has 5 nitrogen and oxygen atoms in total. The van der Waals surface area contributed by atoms with Crippen LogP contribution in [0.15, 0.2) is 0 Å². The number of rotatable bonds is 7. The predicted octanol–water partition coefficient (Wildman–Crippen LogP) is 0.781. The number of carbonyl (C=O) groups is 2. The van der Waals surface area contributed by atoms with Gasteiger partial charge in [0.15, 0.2) is 0 Å². The average molecular weight is 217 g/mol. The SMILES string of the molecule is CCC(C)OCC(=O)NC(C)CC(=O)O. The van der Waals surface area contributed by atoms with Gasteiger partial charge in [-0.25, -0.2) is 0 Å². The fourth-order valence-corrected chi connectivity index (χ4v) is 0.965. The fraction of sp³-hybridized carbons (Fsp3) is 0.800. The summed E-state index contributed by atoms with van der Waals surface area (Å²) in [4.78, 5) is 21.5. The van der Waals surface area contributed by atoms with Gasteiger partial charge in [0.25, 0.3) is 0 Å². The number of aliphatic carboxylic acids is 1. The molecule has 0 aliphatic heterocycles. The monoisotopic (exact) mass is 217 g/mol. The molecule has 1 amide bonds. The van der Waals surface area contributed by atoms with Crippen LogP contribution in [0.2, 0.25) is 0 Å². The first-order valence-electron chi connectivity index (χ1n) is 5.08. The Bertz CT molecular complexity index is 217. The second kappa shape index (κ2) is 7.23. The lowest BCUT2D eigenvalue weighted by molar-refractivity contribution is -0.137. The Kier molecular flexibility index (Phi) is 6.70. The molecule has 0 heterocycles. The number of hydrogen-bond donors (Lipinski definition) is 2. The second-order valence-corrected chi connectivity index (χ2v) is 3.60. The van der Waals surface area contributed by atoms with Gasteiger partial charge in [-0.1, -0.05) is 6.92 Å². The van der Waals surface area contributed by atoms with E-state index in [0.717, 1.165) is 6.42 Å². The van der Waals surface area contributed by atoms with Gasteiger partial charge in [0.1, 0.15) is 6.61 Å². The zero-order valence-electron chi connectivity index (χ0n) is 9.45. The second-order valence-electron chi connectivity index (χ2n) is 3.60. The molecule has 0 radical (unpaired) electrons. The number of carbonyl (C=O) groups excluding carboxylic acids is 1. The largest absolute Gasteiger partial charge is 0.481 e. The summed E-state index contributed by atoms with van der Waals surface area (Å²) < 4.78 is 5.20. The lowest BCUT2D eigenvalue weighted by atomic mass is 10.2. The van der Waals surface area contributed by atoms with E-state index >= 15 is 0 Å². The highest BCUT2D eigenvalue weighted by Crippen LogP contribution is 1.96. The van der Waals surface area contributed by atoms with Crippen LogP contribution in [-0.4, -0.2) is 35.7 Å². The first-order valence-corrected chi connectivity index (χ1v) is 5.08. The minimum absolute atomic E-state index is 0.0149. The normalized spacial score (nSPS) is 14.3. The van der Waals surface area contributed by atoms with Crippen LogP contribution in [0.4, 0.5) is 0 Å². The summed E-state index contributed by atoms with van der Waals surface area (Å²) in [6.07, 6.45) is 0.818. The van der Waals surface area contributed by atoms with Gasteiger partial charge in [0.2, 0.25) is 5.91 Å². The van der Waals surface area contributed by atoms with Crippen molar-refractivity contribution in [2.24, 2.45) is 0 Å². The maximum atomic E-state index is 11.2. The number of carboxylic acids is 1. The van der Waals surface area contributed by atoms with E-state index in [9.17, 15) is 9.59 Å². The van der Waals surface area contributed by atoms with Gasteiger partial charge in [-0.2, -0.15) is 0 Å². The lowest BCUT2D eigenvalue weighted by Crippen LogP contribution is -2.37. The van der Waals surface area contributed by atoms with Crippen LogP contribution in [0.3, 0.4) is 0 Å². The van der Waals surface area contributed by atoms with Crippen molar-refractivity contribution in [2.75, 3.05) is 6.61 Å². The van der Waals surface area contributed by atoms with Crippen molar-refractivity contribution in [1.82, 2.24) is 5.32 Å². The molecule has 0 aliphatic rings. The van der Waals surface area contributed by atoms with Crippen LogP contribution >= 0.6 is 0 Å². The molecular formula is C10H19NO4. The highest BCUT2D eigenvalue weighted by molar-refractivity contribution is 5.78. The van der Waals surface area contributed by atoms with E-state index in [1.165, 1.54) is 0 Å². The molecule has 2 atom stereocenters. The summed E-state index contributed by atoms with van der Waals surface area (Å²) in [6, 6.07) is -0.365. The van der Waals surface area contributed by atoms with Gasteiger partial charge in [-0.15, -0.1) is 0 Å². The highest BCUT2D eigenvalue weighted by atomic mass is 16.5. The standard InChI is InChI=1S/C10H19NO4/c1-4-8(3)15-6-9(12)11-7(2)5-10(13)14/h7-8H,4-6H2,1-3H3,(H,11,12)(H,13,14). The molecule has 0 aromatic rings. The molecule has 88 valence electrons. The topological polar surface area (TPSA) is 75.6 Å². The minimum Gasteiger partial charge on any atom is -0.481 e. The molecule has 0 aliphatic carbocycles. The van der Waals surface area contributed by atoms with Crippen molar-refractivity contribution in [3.8, 4) is 0 Å². The van der Waals surface area contributed by atoms with Gasteiger partial charge in [-0.05, 0) is 20.3 Å². The van der Waals surface area contributed by atoms with Gasteiger partial charge in [0.05, 0.1) is 12.5 Å². The third-order valence-corrected chi connectivity index (χ3v) is 1.96. The predicted molar refractivity (Wildman–Crippen MR) is 55.6 cm³/mol. The number of ether oxygens (including phenoxy) is 1. The Labute approximate surface area is 89.8 Å². The molecule has 15 heavy (non-hydrogen) atoms. The molecular weight excluding hydrogens is 198 g/mol. The smallest absolute Gasteiger partial charge is 0.305 e. The third-order valence-electron chi connectivity index (χ3n) is 1.96. The van der Waals surface area contributed by atoms with Crippen molar-refractivity contribution in [3.63, 3.8) is 0 Å². The number of carboxylic acid groups (broad SMARTS) is 1. The highest BCUT2D eigenvalue weighted by Gasteiger charge is 2.11. The van der Waals surface area contributed by atoms with Gasteiger partial charge in [-0.3, -0.25) is 9.59 Å². The zero-order valence-corrected chi connectivity index (χ0v) is 9.45. The van der Waals surface area contributed by atoms with Crippen LogP contribution < -0.4 is 5.32 Å². The summed E-state index contributed by atoms with van der Waals surface area (Å²) in [5.41, 5.74) is 0. The fourth-order valence-electron chi connectivity index (χ4n) is 0.965. The molecule has 0 rings (SSSR count). The van der Waals surface area contributed by atoms with Crippen LogP contribution in [0.5, 0.6) is 0 Å². The van der Waals surface area contributed by atoms with Gasteiger partial charge in [0, 0.05) is 6.04 Å². The van der Waals surface area contributed by atoms with Crippen LogP contribution in [0.1, 0.15) is 33.6 Å². The van der Waals surface area contributed by atoms with E-state index in [2.05, 4.69) is 5.32 Å². The lowest BCUT2D eigenvalue weighted by Gasteiger charge is -2.13. The Hall–Kier alpha value is -1.10. The molecule has 5 heteroatoms. The number of hydrogen-bond acceptors (Lipinski definition) is 3. The molecule has 0 saturated heterocycles. The maximum absolute atomic E-state index is 11.2. The van der Waals surface area contributed by atoms with E-state index in [-0.39, 0.29) is 31.1 Å². The van der Waals surface area contributed by atoms with Crippen LogP contribution in [0, 0.1) is 0 Å². The Balaban J connectivity index is 3.69. The molecule has 2 unspecified atom stereocenters. The van der Waals surface area contributed by atoms with Crippen molar-refractivity contribution < 1.29 is 19.4 Å². The Morgan fingerprint density at radius 1 is 1.40 bits per heavy atom. The third kappa shape index (κ3) is 7.93. The first-order chi connectivity index (χ1) is 6.95. The van der Waals surface area contributed by atoms with E-state index in [1.54, 1.807) is 6.92 Å². The molecule has 0 aromatic carbocycles. The summed E-state index contributed by atoms with van der Waals surface area (Å²) in [7, 11) is 0. The first kappa shape index (κ1) is 13.9. The summed E-state index contributed by atoms with van der Waals surface area (Å²) in [5.74, 6) is -1.20. The van der Waals surface area contributed by atoms with Crippen molar-refractivity contribution >= 4 is 11.9 Å². The van der Waals surface area contributed by atoms with Crippen molar-refractivity contribution in [1.29, 1.82) is 0 Å². The summed E-state index contributed by atoms with van der Waals surface area (Å²) in [5, 5.41) is 11.0. The average Bonchev–Trinajstić information content (AvgIpc) is 2.12. The minimum atomic E-state index is -0.925. The molecule has 0 saturated carbocycles. The maximum Gasteiger partial charge on any atom is 0.305 e. The molecule has 2 N–H and O–H groups in total. The van der Waals surface area contributed by atoms with Crippen LogP contribution in [-0.2, 0) is 14.3 Å². The van der Waals surface area contributed by atoms with E-state index in [1.807, 2.05) is 13.8 Å². The summed E-state index contributed by atoms with van der Waals surface area (Å²) >= 11 is 0. The quantitative estimate of drug-likeness (QED) is 0.660. The summed E-state index contributed by atoms with van der Waals surface area (Å²) in [6.45, 7) is 5.48. The van der Waals surface area contributed by atoms with Gasteiger partial charge < -0.3 is 15.2 Å². The van der Waals surface area contributed by atoms with Crippen molar-refractivity contribution in [2.45, 2.75) is 45.8 Å². The van der Waals surface area contributed by atoms with Gasteiger partial charge >= 0.3 is 5.97 Å².